The third-order valence-corrected chi connectivity index (χ3v) is 4.13. The lowest BCUT2D eigenvalue weighted by Crippen LogP contribution is -2.38. The van der Waals surface area contributed by atoms with Gasteiger partial charge in [0.25, 0.3) is 0 Å². The van der Waals surface area contributed by atoms with Crippen LogP contribution in [0.2, 0.25) is 0 Å². The number of amides is 1. The highest BCUT2D eigenvalue weighted by Crippen LogP contribution is 2.24. The van der Waals surface area contributed by atoms with Crippen LogP contribution in [0.3, 0.4) is 0 Å². The summed E-state index contributed by atoms with van der Waals surface area (Å²) in [7, 11) is 1.55. The summed E-state index contributed by atoms with van der Waals surface area (Å²) in [6, 6.07) is 6.43. The summed E-state index contributed by atoms with van der Waals surface area (Å²) in [6.07, 6.45) is 3.50. The number of hydrogen-bond donors (Lipinski definition) is 1. The topological polar surface area (TPSA) is 76.6 Å². The quantitative estimate of drug-likeness (QED) is 0.796. The van der Waals surface area contributed by atoms with Gasteiger partial charge in [-0.1, -0.05) is 12.1 Å². The maximum atomic E-state index is 14.0. The molecule has 1 atom stereocenters. The number of halogens is 1. The van der Waals surface area contributed by atoms with Crippen LogP contribution < -0.4 is 10.2 Å². The monoisotopic (exact) mass is 362 g/mol. The summed E-state index contributed by atoms with van der Waals surface area (Å²) in [6.45, 7) is 1.89. The fourth-order valence-corrected chi connectivity index (χ4v) is 2.82. The van der Waals surface area contributed by atoms with Gasteiger partial charge in [0, 0.05) is 27.2 Å². The fourth-order valence-electron chi connectivity index (χ4n) is 2.82. The van der Waals surface area contributed by atoms with E-state index in [4.69, 9.17) is 9.47 Å². The van der Waals surface area contributed by atoms with Gasteiger partial charge in [-0.25, -0.2) is 14.2 Å². The van der Waals surface area contributed by atoms with E-state index < -0.39 is 6.09 Å². The molecule has 1 fully saturated rings. The molecule has 26 heavy (non-hydrogen) atoms. The van der Waals surface area contributed by atoms with Crippen molar-refractivity contribution in [2.45, 2.75) is 12.5 Å². The van der Waals surface area contributed by atoms with E-state index >= 15 is 0 Å². The van der Waals surface area contributed by atoms with Gasteiger partial charge >= 0.3 is 6.09 Å². The lowest BCUT2D eigenvalue weighted by atomic mass is 10.1. The van der Waals surface area contributed by atoms with Crippen molar-refractivity contribution < 1.29 is 20.1 Å². The van der Waals surface area contributed by atoms with Crippen LogP contribution in [-0.2, 0) is 9.47 Å². The van der Waals surface area contributed by atoms with Crippen LogP contribution in [0.1, 0.15) is 7.85 Å². The number of carbonyl (C=O) groups is 1. The molecule has 1 aromatic heterocycles. The minimum absolute atomic E-state index is 0. The second-order valence-corrected chi connectivity index (χ2v) is 5.95. The number of nitrogens with zero attached hydrogens (tertiary/aromatic N) is 3. The molecule has 0 radical (unpaired) electrons. The number of anilines is 1. The van der Waals surface area contributed by atoms with E-state index in [1.807, 2.05) is 4.90 Å². The number of alkyl carbamates (subject to hydrolysis) is 1. The van der Waals surface area contributed by atoms with Gasteiger partial charge in [-0.3, -0.25) is 4.98 Å². The zero-order valence-electron chi connectivity index (χ0n) is 14.5. The van der Waals surface area contributed by atoms with E-state index in [-0.39, 0.29) is 19.9 Å². The molecule has 7 nitrogen and oxygen atoms in total. The Kier molecular flexibility index (Phi) is 5.96. The van der Waals surface area contributed by atoms with Gasteiger partial charge in [0.1, 0.15) is 18.2 Å². The molecule has 1 aliphatic rings. The normalized spacial score (nSPS) is 16.5. The maximum absolute atomic E-state index is 14.0. The van der Waals surface area contributed by atoms with Crippen molar-refractivity contribution >= 4 is 11.9 Å². The predicted molar refractivity (Wildman–Crippen MR) is 96.5 cm³/mol. The van der Waals surface area contributed by atoms with Crippen molar-refractivity contribution in [1.82, 2.24) is 15.3 Å². The zero-order valence-corrected chi connectivity index (χ0v) is 14.5. The zero-order chi connectivity index (χ0) is 18.4. The molecule has 0 unspecified atom stereocenters. The van der Waals surface area contributed by atoms with Crippen LogP contribution in [0.5, 0.6) is 0 Å². The molecule has 1 aliphatic heterocycles. The van der Waals surface area contributed by atoms with Gasteiger partial charge in [-0.2, -0.15) is 0 Å². The van der Waals surface area contributed by atoms with Crippen molar-refractivity contribution in [3.8, 4) is 11.3 Å². The fraction of sp³-hybridized carbons (Fsp3) is 0.389. The Labute approximate surface area is 152 Å². The number of benzene rings is 1. The molecular weight excluding hydrogens is 339 g/mol. The first-order valence-corrected chi connectivity index (χ1v) is 8.41. The summed E-state index contributed by atoms with van der Waals surface area (Å²) in [5, 5.41) is 2.83. The summed E-state index contributed by atoms with van der Waals surface area (Å²) >= 11 is 0. The molecule has 0 saturated carbocycles. The molecule has 1 N–H and O–H groups in total. The van der Waals surface area contributed by atoms with Crippen molar-refractivity contribution in [2.75, 3.05) is 38.3 Å². The van der Waals surface area contributed by atoms with Gasteiger partial charge in [-0.15, -0.1) is 0 Å². The van der Waals surface area contributed by atoms with Crippen LogP contribution in [0.25, 0.3) is 11.3 Å². The number of ether oxygens (including phenoxy) is 2. The van der Waals surface area contributed by atoms with Crippen LogP contribution in [0.4, 0.5) is 15.0 Å². The highest BCUT2D eigenvalue weighted by Gasteiger charge is 2.25. The molecule has 3 rings (SSSR count). The summed E-state index contributed by atoms with van der Waals surface area (Å²) < 4.78 is 23.8. The maximum Gasteiger partial charge on any atom is 0.407 e. The number of methoxy groups -OCH3 is 1. The summed E-state index contributed by atoms with van der Waals surface area (Å²) in [5.74, 6) is 0.321. The highest BCUT2D eigenvalue weighted by atomic mass is 19.1. The number of hydrogen-bond acceptors (Lipinski definition) is 6. The van der Waals surface area contributed by atoms with Crippen molar-refractivity contribution in [1.29, 1.82) is 0 Å². The third-order valence-electron chi connectivity index (χ3n) is 4.13. The summed E-state index contributed by atoms with van der Waals surface area (Å²) in [4.78, 5) is 22.4. The Morgan fingerprint density at radius 2 is 2.23 bits per heavy atom. The molecule has 1 saturated heterocycles. The molecule has 0 spiro atoms. The van der Waals surface area contributed by atoms with E-state index in [1.54, 1.807) is 37.7 Å². The van der Waals surface area contributed by atoms with Crippen molar-refractivity contribution in [3.63, 3.8) is 0 Å². The van der Waals surface area contributed by atoms with E-state index in [0.717, 1.165) is 13.0 Å². The number of rotatable bonds is 6. The minimum Gasteiger partial charge on any atom is -0.447 e. The average molecular weight is 362 g/mol. The minimum atomic E-state index is -0.458. The van der Waals surface area contributed by atoms with E-state index in [2.05, 4.69) is 15.3 Å². The Morgan fingerprint density at radius 1 is 1.38 bits per heavy atom. The summed E-state index contributed by atoms with van der Waals surface area (Å²) in [5.41, 5.74) is 0.897. The van der Waals surface area contributed by atoms with Crippen LogP contribution in [0, 0.1) is 5.82 Å². The Morgan fingerprint density at radius 3 is 3.04 bits per heavy atom. The lowest BCUT2D eigenvalue weighted by molar-refractivity contribution is 0.0969. The van der Waals surface area contributed by atoms with Crippen molar-refractivity contribution in [2.24, 2.45) is 0 Å². The first-order valence-electron chi connectivity index (χ1n) is 8.41. The standard InChI is InChI=1S/C18H21FN4O3.H2/c1-25-8-9-26-18(24)21-13-6-7-23(12-13)17-11-20-10-16(22-17)14-4-2-3-5-15(14)19;/h2-5,10-11,13H,6-9,12H2,1H3,(H,21,24);1H/t13-;/m1./s1. The van der Waals surface area contributed by atoms with E-state index in [9.17, 15) is 9.18 Å². The number of carbonyl (C=O) groups excluding carboxylic acids is 1. The highest BCUT2D eigenvalue weighted by molar-refractivity contribution is 5.68. The molecule has 140 valence electrons. The predicted octanol–water partition coefficient (Wildman–Crippen LogP) is 2.48. The largest absolute Gasteiger partial charge is 0.447 e. The van der Waals surface area contributed by atoms with E-state index in [1.165, 1.54) is 6.07 Å². The van der Waals surface area contributed by atoms with Crippen LogP contribution >= 0.6 is 0 Å². The molecule has 1 amide bonds. The Hall–Kier alpha value is -2.74. The van der Waals surface area contributed by atoms with Gasteiger partial charge in [0.2, 0.25) is 0 Å². The average Bonchev–Trinajstić information content (AvgIpc) is 3.11. The van der Waals surface area contributed by atoms with Gasteiger partial charge in [0.05, 0.1) is 30.7 Å². The molecule has 0 aliphatic carbocycles. The molecule has 1 aromatic carbocycles. The Balaban J connectivity index is 0.00000261. The van der Waals surface area contributed by atoms with Gasteiger partial charge in [-0.05, 0) is 18.6 Å². The van der Waals surface area contributed by atoms with Gasteiger partial charge in [0.15, 0.2) is 0 Å². The molecular formula is C18H23FN4O3. The van der Waals surface area contributed by atoms with Gasteiger partial charge < -0.3 is 19.7 Å². The number of nitrogens with one attached hydrogen (secondary N) is 1. The number of aromatic nitrogens is 2. The third kappa shape index (κ3) is 4.45. The van der Waals surface area contributed by atoms with E-state index in [0.29, 0.717) is 30.2 Å². The second kappa shape index (κ2) is 8.57. The smallest absolute Gasteiger partial charge is 0.407 e. The van der Waals surface area contributed by atoms with Crippen LogP contribution in [-0.4, -0.2) is 55.5 Å². The molecule has 8 heteroatoms. The van der Waals surface area contributed by atoms with Crippen LogP contribution in [0.15, 0.2) is 36.7 Å². The van der Waals surface area contributed by atoms with Crippen molar-refractivity contribution in [3.05, 3.63) is 42.5 Å². The molecule has 2 aromatic rings. The SMILES string of the molecule is COCCOC(=O)N[C@@H]1CCN(c2cncc(-c3ccccc3F)n2)C1.[HH]. The molecule has 0 bridgehead atoms. The first-order chi connectivity index (χ1) is 12.7. The molecule has 2 heterocycles. The Bertz CT molecular complexity index is 765. The first kappa shape index (κ1) is 18.1. The second-order valence-electron chi connectivity index (χ2n) is 5.95. The lowest BCUT2D eigenvalue weighted by Gasteiger charge is -2.18.